The van der Waals surface area contributed by atoms with Crippen molar-refractivity contribution >= 4 is 26.7 Å². The summed E-state index contributed by atoms with van der Waals surface area (Å²) >= 11 is 1.52. The third-order valence-electron chi connectivity index (χ3n) is 2.70. The fourth-order valence-corrected chi connectivity index (χ4v) is 2.25. The van der Waals surface area contributed by atoms with Gasteiger partial charge < -0.3 is 11.5 Å². The predicted molar refractivity (Wildman–Crippen MR) is 66.1 cm³/mol. The number of aromatic nitrogens is 1. The van der Waals surface area contributed by atoms with E-state index in [0.29, 0.717) is 11.7 Å². The van der Waals surface area contributed by atoms with Crippen LogP contribution in [0.2, 0.25) is 0 Å². The Morgan fingerprint density at radius 3 is 2.80 bits per heavy atom. The number of hydrogen-bond donors (Lipinski definition) is 2. The Balaban J connectivity index is 2.55. The number of thiazole rings is 1. The van der Waals surface area contributed by atoms with E-state index in [1.165, 1.54) is 16.9 Å². The van der Waals surface area contributed by atoms with Crippen molar-refractivity contribution in [1.29, 1.82) is 0 Å². The van der Waals surface area contributed by atoms with Crippen molar-refractivity contribution in [1.82, 2.24) is 4.98 Å². The van der Waals surface area contributed by atoms with Gasteiger partial charge in [0.25, 0.3) is 0 Å². The Labute approximate surface area is 93.1 Å². The van der Waals surface area contributed by atoms with Crippen molar-refractivity contribution < 1.29 is 0 Å². The molecular weight excluding hydrogens is 206 g/mol. The van der Waals surface area contributed by atoms with Gasteiger partial charge in [0.1, 0.15) is 0 Å². The van der Waals surface area contributed by atoms with Crippen molar-refractivity contribution in [3.05, 3.63) is 23.8 Å². The molecule has 0 fully saturated rings. The van der Waals surface area contributed by atoms with E-state index in [0.717, 1.165) is 10.2 Å². The summed E-state index contributed by atoms with van der Waals surface area (Å²) in [7, 11) is 0. The van der Waals surface area contributed by atoms with Crippen LogP contribution >= 0.6 is 11.3 Å². The molecule has 0 unspecified atom stereocenters. The highest BCUT2D eigenvalue weighted by atomic mass is 32.1. The summed E-state index contributed by atoms with van der Waals surface area (Å²) in [6.45, 7) is 4.91. The van der Waals surface area contributed by atoms with Crippen molar-refractivity contribution in [3.8, 4) is 0 Å². The van der Waals surface area contributed by atoms with Gasteiger partial charge in [0.2, 0.25) is 0 Å². The van der Waals surface area contributed by atoms with E-state index in [9.17, 15) is 0 Å². The molecule has 0 radical (unpaired) electrons. The monoisotopic (exact) mass is 221 g/mol. The van der Waals surface area contributed by atoms with Crippen LogP contribution in [0, 0.1) is 0 Å². The summed E-state index contributed by atoms with van der Waals surface area (Å²) in [5, 5.41) is 0.618. The van der Waals surface area contributed by atoms with E-state index in [4.69, 9.17) is 11.5 Å². The molecule has 1 aromatic carbocycles. The average Bonchev–Trinajstić information content (AvgIpc) is 2.56. The number of nitrogen functional groups attached to an aromatic ring is 1. The van der Waals surface area contributed by atoms with E-state index >= 15 is 0 Å². The number of nitrogens with two attached hydrogens (primary N) is 2. The lowest BCUT2D eigenvalue weighted by Gasteiger charge is -2.22. The molecule has 4 N–H and O–H groups in total. The van der Waals surface area contributed by atoms with E-state index < -0.39 is 0 Å². The minimum Gasteiger partial charge on any atom is -0.375 e. The van der Waals surface area contributed by atoms with Crippen molar-refractivity contribution in [2.45, 2.75) is 19.3 Å². The highest BCUT2D eigenvalue weighted by Gasteiger charge is 2.19. The van der Waals surface area contributed by atoms with Gasteiger partial charge in [0, 0.05) is 12.0 Å². The Morgan fingerprint density at radius 2 is 2.13 bits per heavy atom. The first-order chi connectivity index (χ1) is 7.03. The molecule has 0 atom stereocenters. The minimum absolute atomic E-state index is 0.00689. The molecule has 0 aliphatic rings. The lowest BCUT2D eigenvalue weighted by Crippen LogP contribution is -2.27. The lowest BCUT2D eigenvalue weighted by atomic mass is 9.85. The second-order valence-corrected chi connectivity index (χ2v) is 5.38. The first-order valence-corrected chi connectivity index (χ1v) is 5.71. The van der Waals surface area contributed by atoms with E-state index in [-0.39, 0.29) is 5.41 Å². The highest BCUT2D eigenvalue weighted by Crippen LogP contribution is 2.29. The third kappa shape index (κ3) is 1.82. The summed E-state index contributed by atoms with van der Waals surface area (Å²) in [5.41, 5.74) is 13.6. The summed E-state index contributed by atoms with van der Waals surface area (Å²) in [6.07, 6.45) is 0. The molecule has 0 amide bonds. The number of rotatable bonds is 2. The van der Waals surface area contributed by atoms with Gasteiger partial charge in [-0.25, -0.2) is 4.98 Å². The fourth-order valence-electron chi connectivity index (χ4n) is 1.48. The minimum atomic E-state index is 0.00689. The second kappa shape index (κ2) is 3.47. The van der Waals surface area contributed by atoms with Gasteiger partial charge >= 0.3 is 0 Å². The molecule has 2 aromatic rings. The molecule has 0 aliphatic carbocycles. The zero-order valence-electron chi connectivity index (χ0n) is 8.95. The lowest BCUT2D eigenvalue weighted by molar-refractivity contribution is 0.540. The topological polar surface area (TPSA) is 64.9 Å². The largest absolute Gasteiger partial charge is 0.375 e. The first-order valence-electron chi connectivity index (χ1n) is 4.89. The molecule has 1 heterocycles. The summed E-state index contributed by atoms with van der Waals surface area (Å²) in [6, 6.07) is 6.22. The Morgan fingerprint density at radius 1 is 1.40 bits per heavy atom. The van der Waals surface area contributed by atoms with Crippen molar-refractivity contribution in [2.75, 3.05) is 12.3 Å². The normalized spacial score (nSPS) is 12.2. The SMILES string of the molecule is CC(C)(CN)c1ccc2nc(N)sc2c1. The van der Waals surface area contributed by atoms with E-state index in [1.54, 1.807) is 0 Å². The summed E-state index contributed by atoms with van der Waals surface area (Å²) in [4.78, 5) is 4.23. The first kappa shape index (κ1) is 10.4. The second-order valence-electron chi connectivity index (χ2n) is 4.32. The van der Waals surface area contributed by atoms with Gasteiger partial charge in [0.05, 0.1) is 10.2 Å². The number of benzene rings is 1. The number of anilines is 1. The van der Waals surface area contributed by atoms with Crippen LogP contribution in [0.25, 0.3) is 10.2 Å². The summed E-state index contributed by atoms with van der Waals surface area (Å²) < 4.78 is 1.13. The van der Waals surface area contributed by atoms with Gasteiger partial charge in [-0.15, -0.1) is 0 Å². The Hall–Kier alpha value is -1.13. The molecule has 1 aromatic heterocycles. The molecule has 80 valence electrons. The van der Waals surface area contributed by atoms with Gasteiger partial charge in [-0.05, 0) is 17.7 Å². The standard InChI is InChI=1S/C11H15N3S/c1-11(2,6-12)7-3-4-8-9(5-7)15-10(13)14-8/h3-5H,6,12H2,1-2H3,(H2,13,14). The van der Waals surface area contributed by atoms with Crippen molar-refractivity contribution in [2.24, 2.45) is 5.73 Å². The number of hydrogen-bond acceptors (Lipinski definition) is 4. The maximum Gasteiger partial charge on any atom is 0.181 e. The van der Waals surface area contributed by atoms with Gasteiger partial charge in [-0.1, -0.05) is 31.3 Å². The Kier molecular flexibility index (Phi) is 2.40. The molecule has 2 rings (SSSR count). The smallest absolute Gasteiger partial charge is 0.181 e. The maximum atomic E-state index is 5.75. The van der Waals surface area contributed by atoms with E-state index in [1.807, 2.05) is 6.07 Å². The molecule has 4 heteroatoms. The zero-order chi connectivity index (χ0) is 11.1. The van der Waals surface area contributed by atoms with Gasteiger partial charge in [0.15, 0.2) is 5.13 Å². The van der Waals surface area contributed by atoms with Crippen LogP contribution in [-0.4, -0.2) is 11.5 Å². The van der Waals surface area contributed by atoms with Crippen LogP contribution in [0.5, 0.6) is 0 Å². The number of nitrogens with zero attached hydrogens (tertiary/aromatic N) is 1. The number of fused-ring (bicyclic) bond motifs is 1. The fraction of sp³-hybridized carbons (Fsp3) is 0.364. The quantitative estimate of drug-likeness (QED) is 0.816. The van der Waals surface area contributed by atoms with Gasteiger partial charge in [-0.3, -0.25) is 0 Å². The zero-order valence-corrected chi connectivity index (χ0v) is 9.77. The average molecular weight is 221 g/mol. The summed E-state index contributed by atoms with van der Waals surface area (Å²) in [5.74, 6) is 0. The van der Waals surface area contributed by atoms with Crippen LogP contribution < -0.4 is 11.5 Å². The van der Waals surface area contributed by atoms with Crippen LogP contribution in [0.15, 0.2) is 18.2 Å². The predicted octanol–water partition coefficient (Wildman–Crippen LogP) is 2.11. The molecule has 0 spiro atoms. The van der Waals surface area contributed by atoms with Crippen LogP contribution in [0.3, 0.4) is 0 Å². The van der Waals surface area contributed by atoms with Crippen LogP contribution in [-0.2, 0) is 5.41 Å². The molecule has 0 saturated carbocycles. The Bertz CT molecular complexity index is 488. The molecule has 0 bridgehead atoms. The molecule has 3 nitrogen and oxygen atoms in total. The molecule has 0 aliphatic heterocycles. The van der Waals surface area contributed by atoms with Gasteiger partial charge in [-0.2, -0.15) is 0 Å². The molecular formula is C11H15N3S. The van der Waals surface area contributed by atoms with Crippen molar-refractivity contribution in [3.63, 3.8) is 0 Å². The van der Waals surface area contributed by atoms with Crippen LogP contribution in [0.1, 0.15) is 19.4 Å². The van der Waals surface area contributed by atoms with Crippen LogP contribution in [0.4, 0.5) is 5.13 Å². The van der Waals surface area contributed by atoms with E-state index in [2.05, 4.69) is 31.0 Å². The molecule has 15 heavy (non-hydrogen) atoms. The third-order valence-corrected chi connectivity index (χ3v) is 3.54. The maximum absolute atomic E-state index is 5.75. The molecule has 0 saturated heterocycles. The highest BCUT2D eigenvalue weighted by molar-refractivity contribution is 7.22.